The van der Waals surface area contributed by atoms with Gasteiger partial charge in [-0.25, -0.2) is 0 Å². The first-order valence-corrected chi connectivity index (χ1v) is 8.03. The summed E-state index contributed by atoms with van der Waals surface area (Å²) in [6, 6.07) is 20.3. The number of hydrogen-bond donors (Lipinski definition) is 0. The maximum Gasteiger partial charge on any atom is 0.310 e. The normalized spacial score (nSPS) is 10.6. The van der Waals surface area contributed by atoms with E-state index in [9.17, 15) is 4.79 Å². The predicted molar refractivity (Wildman–Crippen MR) is 96.3 cm³/mol. The van der Waals surface area contributed by atoms with Gasteiger partial charge in [-0.3, -0.25) is 4.79 Å². The Morgan fingerprint density at radius 3 is 2.54 bits per heavy atom. The van der Waals surface area contributed by atoms with E-state index < -0.39 is 0 Å². The topological polar surface area (TPSA) is 35.5 Å². The second-order valence-corrected chi connectivity index (χ2v) is 5.57. The highest BCUT2D eigenvalue weighted by molar-refractivity contribution is 5.89. The van der Waals surface area contributed by atoms with E-state index in [2.05, 4.69) is 18.2 Å². The van der Waals surface area contributed by atoms with Crippen molar-refractivity contribution in [1.29, 1.82) is 0 Å². The van der Waals surface area contributed by atoms with Crippen LogP contribution in [0.5, 0.6) is 5.75 Å². The van der Waals surface area contributed by atoms with Crippen LogP contribution in [0.15, 0.2) is 60.7 Å². The number of carbonyl (C=O) groups excluding carboxylic acids is 1. The van der Waals surface area contributed by atoms with E-state index in [1.54, 1.807) is 7.11 Å². The number of benzene rings is 3. The van der Waals surface area contributed by atoms with E-state index in [0.29, 0.717) is 6.61 Å². The molecule has 0 aliphatic heterocycles. The zero-order valence-corrected chi connectivity index (χ0v) is 13.9. The second-order valence-electron chi connectivity index (χ2n) is 5.57. The standard InChI is InChI=1S/C21H20O3/c1-3-24-21(22)14-16-6-4-5-7-20(16)17-9-8-15-10-11-19(23-2)13-18(15)12-17/h4-13H,3,14H2,1-2H3. The molecule has 0 heterocycles. The van der Waals surface area contributed by atoms with Gasteiger partial charge in [0.2, 0.25) is 0 Å². The first-order valence-electron chi connectivity index (χ1n) is 8.03. The number of rotatable bonds is 5. The largest absolute Gasteiger partial charge is 0.497 e. The van der Waals surface area contributed by atoms with Crippen LogP contribution in [-0.4, -0.2) is 19.7 Å². The average molecular weight is 320 g/mol. The first-order chi connectivity index (χ1) is 11.7. The van der Waals surface area contributed by atoms with Crippen molar-refractivity contribution < 1.29 is 14.3 Å². The third kappa shape index (κ3) is 3.40. The summed E-state index contributed by atoms with van der Waals surface area (Å²) in [4.78, 5) is 11.9. The summed E-state index contributed by atoms with van der Waals surface area (Å²) in [5.41, 5.74) is 3.10. The van der Waals surface area contributed by atoms with Crippen LogP contribution >= 0.6 is 0 Å². The van der Waals surface area contributed by atoms with Gasteiger partial charge in [-0.05, 0) is 52.6 Å². The molecular formula is C21H20O3. The fraction of sp³-hybridized carbons (Fsp3) is 0.190. The van der Waals surface area contributed by atoms with Gasteiger partial charge in [0, 0.05) is 0 Å². The summed E-state index contributed by atoms with van der Waals surface area (Å²) >= 11 is 0. The van der Waals surface area contributed by atoms with Crippen LogP contribution in [0.3, 0.4) is 0 Å². The maximum absolute atomic E-state index is 11.9. The fourth-order valence-corrected chi connectivity index (χ4v) is 2.84. The SMILES string of the molecule is CCOC(=O)Cc1ccccc1-c1ccc2ccc(OC)cc2c1. The molecule has 3 rings (SSSR count). The minimum absolute atomic E-state index is 0.201. The van der Waals surface area contributed by atoms with Crippen LogP contribution in [0.1, 0.15) is 12.5 Å². The van der Waals surface area contributed by atoms with Crippen LogP contribution < -0.4 is 4.74 Å². The van der Waals surface area contributed by atoms with Gasteiger partial charge in [0.05, 0.1) is 20.1 Å². The van der Waals surface area contributed by atoms with E-state index in [1.807, 2.05) is 49.4 Å². The van der Waals surface area contributed by atoms with E-state index >= 15 is 0 Å². The Morgan fingerprint density at radius 2 is 1.75 bits per heavy atom. The van der Waals surface area contributed by atoms with Gasteiger partial charge in [-0.2, -0.15) is 0 Å². The van der Waals surface area contributed by atoms with E-state index in [0.717, 1.165) is 33.2 Å². The summed E-state index contributed by atoms with van der Waals surface area (Å²) in [6.45, 7) is 2.22. The van der Waals surface area contributed by atoms with Crippen molar-refractivity contribution >= 4 is 16.7 Å². The summed E-state index contributed by atoms with van der Waals surface area (Å²) in [5.74, 6) is 0.631. The summed E-state index contributed by atoms with van der Waals surface area (Å²) in [6.07, 6.45) is 0.278. The van der Waals surface area contributed by atoms with Crippen LogP contribution in [0, 0.1) is 0 Å². The lowest BCUT2D eigenvalue weighted by Gasteiger charge is -2.11. The van der Waals surface area contributed by atoms with Gasteiger partial charge in [0.25, 0.3) is 0 Å². The highest BCUT2D eigenvalue weighted by atomic mass is 16.5. The quantitative estimate of drug-likeness (QED) is 0.643. The lowest BCUT2D eigenvalue weighted by atomic mass is 9.95. The summed E-state index contributed by atoms with van der Waals surface area (Å²) < 4.78 is 10.4. The van der Waals surface area contributed by atoms with Gasteiger partial charge in [0.1, 0.15) is 5.75 Å². The maximum atomic E-state index is 11.9. The third-order valence-electron chi connectivity index (χ3n) is 4.02. The molecule has 0 aliphatic rings. The van der Waals surface area contributed by atoms with E-state index in [4.69, 9.17) is 9.47 Å². The Hall–Kier alpha value is -2.81. The molecule has 0 fully saturated rings. The van der Waals surface area contributed by atoms with Crippen molar-refractivity contribution in [2.24, 2.45) is 0 Å². The van der Waals surface area contributed by atoms with Crippen molar-refractivity contribution in [1.82, 2.24) is 0 Å². The first kappa shape index (κ1) is 16.1. The molecule has 0 bridgehead atoms. The molecule has 122 valence electrons. The van der Waals surface area contributed by atoms with Gasteiger partial charge in [-0.15, -0.1) is 0 Å². The Labute approximate surface area is 141 Å². The zero-order valence-electron chi connectivity index (χ0n) is 13.9. The highest BCUT2D eigenvalue weighted by Crippen LogP contribution is 2.29. The number of carbonyl (C=O) groups is 1. The number of fused-ring (bicyclic) bond motifs is 1. The molecule has 0 aliphatic carbocycles. The third-order valence-corrected chi connectivity index (χ3v) is 4.02. The molecule has 0 unspecified atom stereocenters. The predicted octanol–water partition coefficient (Wildman–Crippen LogP) is 4.62. The number of esters is 1. The lowest BCUT2D eigenvalue weighted by molar-refractivity contribution is -0.142. The number of methoxy groups -OCH3 is 1. The highest BCUT2D eigenvalue weighted by Gasteiger charge is 2.10. The van der Waals surface area contributed by atoms with Gasteiger partial charge < -0.3 is 9.47 Å². The van der Waals surface area contributed by atoms with Crippen LogP contribution in [0.4, 0.5) is 0 Å². The minimum atomic E-state index is -0.201. The molecule has 0 N–H and O–H groups in total. The summed E-state index contributed by atoms with van der Waals surface area (Å²) in [5, 5.41) is 2.26. The minimum Gasteiger partial charge on any atom is -0.497 e. The molecule has 3 nitrogen and oxygen atoms in total. The molecule has 0 saturated carbocycles. The van der Waals surface area contributed by atoms with Gasteiger partial charge in [0.15, 0.2) is 0 Å². The van der Waals surface area contributed by atoms with Crippen molar-refractivity contribution in [3.63, 3.8) is 0 Å². The lowest BCUT2D eigenvalue weighted by Crippen LogP contribution is -2.08. The van der Waals surface area contributed by atoms with Crippen LogP contribution in [-0.2, 0) is 16.0 Å². The summed E-state index contributed by atoms with van der Waals surface area (Å²) in [7, 11) is 1.67. The van der Waals surface area contributed by atoms with E-state index in [1.165, 1.54) is 0 Å². The molecule has 24 heavy (non-hydrogen) atoms. The molecule has 0 aromatic heterocycles. The number of hydrogen-bond acceptors (Lipinski definition) is 3. The Balaban J connectivity index is 2.02. The zero-order chi connectivity index (χ0) is 16.9. The van der Waals surface area contributed by atoms with Crippen LogP contribution in [0.25, 0.3) is 21.9 Å². The molecule has 3 aromatic rings. The molecule has 0 amide bonds. The van der Waals surface area contributed by atoms with Crippen molar-refractivity contribution in [3.8, 4) is 16.9 Å². The Bertz CT molecular complexity index is 868. The molecule has 3 heteroatoms. The molecular weight excluding hydrogens is 300 g/mol. The van der Waals surface area contributed by atoms with Crippen molar-refractivity contribution in [2.75, 3.05) is 13.7 Å². The average Bonchev–Trinajstić information content (AvgIpc) is 2.61. The molecule has 0 saturated heterocycles. The Kier molecular flexibility index (Phi) is 4.80. The van der Waals surface area contributed by atoms with Gasteiger partial charge in [-0.1, -0.05) is 42.5 Å². The molecule has 3 aromatic carbocycles. The molecule has 0 atom stereocenters. The van der Waals surface area contributed by atoms with Gasteiger partial charge >= 0.3 is 5.97 Å². The Morgan fingerprint density at radius 1 is 0.958 bits per heavy atom. The van der Waals surface area contributed by atoms with E-state index in [-0.39, 0.29) is 12.4 Å². The molecule has 0 spiro atoms. The van der Waals surface area contributed by atoms with Crippen LogP contribution in [0.2, 0.25) is 0 Å². The molecule has 0 radical (unpaired) electrons. The smallest absolute Gasteiger partial charge is 0.310 e. The number of ether oxygens (including phenoxy) is 2. The monoisotopic (exact) mass is 320 g/mol. The fourth-order valence-electron chi connectivity index (χ4n) is 2.84. The van der Waals surface area contributed by atoms with Crippen molar-refractivity contribution in [3.05, 3.63) is 66.2 Å². The van der Waals surface area contributed by atoms with Crippen molar-refractivity contribution in [2.45, 2.75) is 13.3 Å². The second kappa shape index (κ2) is 7.18.